The first-order chi connectivity index (χ1) is 11.4. The largest absolute Gasteiger partial charge is 0.325 e. The van der Waals surface area contributed by atoms with Crippen molar-refractivity contribution < 1.29 is 46.5 Å². The molecule has 0 radical (unpaired) electrons. The zero-order valence-corrected chi connectivity index (χ0v) is 22.0. The molecule has 0 aromatic rings. The Morgan fingerprint density at radius 1 is 0.560 bits per heavy atom. The van der Waals surface area contributed by atoms with Crippen LogP contribution < -0.4 is 0 Å². The van der Waals surface area contributed by atoms with E-state index in [9.17, 15) is 0 Å². The summed E-state index contributed by atoms with van der Waals surface area (Å²) >= 11 is 7.15. The standard InChI is InChI=1S/C8H17.C6H13.2H3O3PS.Zn/c1-3-5-7-8-6-4-2;1-3-5-6-4-2;2*1-4(2,3)5;/h1,3-8H2,2H3;1,3-6H2,2H3;2*(H3,1,2,3,5);. The van der Waals surface area contributed by atoms with E-state index in [2.05, 4.69) is 37.5 Å². The van der Waals surface area contributed by atoms with Gasteiger partial charge < -0.3 is 29.4 Å². The van der Waals surface area contributed by atoms with Gasteiger partial charge in [0, 0.05) is 0 Å². The molecule has 0 spiro atoms. The minimum Gasteiger partial charge on any atom is -0.325 e. The first-order valence-corrected chi connectivity index (χ1v) is 18.5. The Hall–Kier alpha value is 1.68. The number of hydrogen-bond donors (Lipinski definition) is 6. The summed E-state index contributed by atoms with van der Waals surface area (Å²) in [5.74, 6) is 0. The van der Waals surface area contributed by atoms with Gasteiger partial charge in [0.1, 0.15) is 0 Å². The second-order valence-electron chi connectivity index (χ2n) is 5.92. The summed E-state index contributed by atoms with van der Waals surface area (Å²) in [4.78, 5) is 45.3. The van der Waals surface area contributed by atoms with Crippen LogP contribution in [0.3, 0.4) is 0 Å². The van der Waals surface area contributed by atoms with Crippen LogP contribution in [0.1, 0.15) is 78.1 Å². The van der Waals surface area contributed by atoms with Crippen molar-refractivity contribution in [3.63, 3.8) is 0 Å². The molecule has 25 heavy (non-hydrogen) atoms. The fourth-order valence-electron chi connectivity index (χ4n) is 2.09. The minimum absolute atomic E-state index is 0.0551. The molecule has 0 saturated carbocycles. The maximum atomic E-state index is 7.56. The molecule has 0 rings (SSSR count). The average molecular weight is 492 g/mol. The molecule has 6 nitrogen and oxygen atoms in total. The first-order valence-electron chi connectivity index (χ1n) is 8.98. The van der Waals surface area contributed by atoms with Gasteiger partial charge >= 0.3 is 119 Å². The number of unbranched alkanes of at least 4 members (excludes halogenated alkanes) is 8. The molecule has 6 N–H and O–H groups in total. The van der Waals surface area contributed by atoms with E-state index < -0.39 is 13.4 Å². The molecule has 0 aromatic heterocycles. The number of hydrogen-bond acceptors (Lipinski definition) is 2. The van der Waals surface area contributed by atoms with Crippen molar-refractivity contribution >= 4 is 37.1 Å². The molecule has 0 heterocycles. The minimum atomic E-state index is -3.81. The molecule has 152 valence electrons. The molecule has 0 aromatic carbocycles. The van der Waals surface area contributed by atoms with E-state index >= 15 is 0 Å². The normalized spacial score (nSPS) is 10.9. The van der Waals surface area contributed by atoms with E-state index in [1.165, 1.54) is 51.4 Å². The maximum absolute atomic E-state index is 7.56. The molecule has 0 aliphatic heterocycles. The van der Waals surface area contributed by atoms with Crippen LogP contribution in [0.4, 0.5) is 0 Å². The van der Waals surface area contributed by atoms with Crippen molar-refractivity contribution in [1.29, 1.82) is 0 Å². The van der Waals surface area contributed by atoms with E-state index in [1.54, 1.807) is 22.9 Å². The van der Waals surface area contributed by atoms with Crippen LogP contribution in [0.25, 0.3) is 0 Å². The third-order valence-corrected chi connectivity index (χ3v) is 7.40. The fraction of sp³-hybridized carbons (Fsp3) is 1.00. The molecule has 0 fully saturated rings. The zero-order valence-electron chi connectivity index (χ0n) is 15.6. The molecule has 0 bridgehead atoms. The van der Waals surface area contributed by atoms with Crippen LogP contribution in [-0.2, 0) is 40.7 Å². The Balaban J connectivity index is -0.000000396. The van der Waals surface area contributed by atoms with Crippen LogP contribution in [-0.4, -0.2) is 29.4 Å². The van der Waals surface area contributed by atoms with Crippen molar-refractivity contribution in [1.82, 2.24) is 0 Å². The SMILES string of the molecule is CCCCCCC[CH2][Zn][CH2]CCCCC.OP(O)(O)=S.OP(O)(O)=S. The van der Waals surface area contributed by atoms with Crippen molar-refractivity contribution in [3.05, 3.63) is 0 Å². The summed E-state index contributed by atoms with van der Waals surface area (Å²) in [6, 6.07) is 0. The van der Waals surface area contributed by atoms with Crippen LogP contribution in [0.15, 0.2) is 0 Å². The molecular formula is C14H36O6P2S2Zn. The summed E-state index contributed by atoms with van der Waals surface area (Å²) in [5.41, 5.74) is 0. The summed E-state index contributed by atoms with van der Waals surface area (Å²) in [6.45, 7) is -3.01. The van der Waals surface area contributed by atoms with Crippen LogP contribution in [0, 0.1) is 0 Å². The van der Waals surface area contributed by atoms with Gasteiger partial charge in [0.15, 0.2) is 0 Å². The fourth-order valence-corrected chi connectivity index (χ4v) is 5.80. The Labute approximate surface area is 171 Å². The second kappa shape index (κ2) is 22.0. The van der Waals surface area contributed by atoms with Gasteiger partial charge in [-0.1, -0.05) is 0 Å². The second-order valence-corrected chi connectivity index (χ2v) is 15.4. The topological polar surface area (TPSA) is 121 Å². The van der Waals surface area contributed by atoms with Gasteiger partial charge in [0.25, 0.3) is 0 Å². The Bertz CT molecular complexity index is 304. The van der Waals surface area contributed by atoms with Gasteiger partial charge in [-0.25, -0.2) is 0 Å². The smallest absolute Gasteiger partial charge is 0.319 e. The predicted octanol–water partition coefficient (Wildman–Crippen LogP) is 4.22. The van der Waals surface area contributed by atoms with Gasteiger partial charge in [-0.05, 0) is 23.6 Å². The molecule has 0 atom stereocenters. The van der Waals surface area contributed by atoms with Gasteiger partial charge in [-0.3, -0.25) is 0 Å². The van der Waals surface area contributed by atoms with Crippen molar-refractivity contribution in [2.45, 2.75) is 88.1 Å². The molecule has 11 heteroatoms. The van der Waals surface area contributed by atoms with Crippen molar-refractivity contribution in [2.75, 3.05) is 0 Å². The van der Waals surface area contributed by atoms with Gasteiger partial charge in [0.2, 0.25) is 0 Å². The monoisotopic (exact) mass is 490 g/mol. The third kappa shape index (κ3) is 76.9. The van der Waals surface area contributed by atoms with Crippen molar-refractivity contribution in [2.24, 2.45) is 0 Å². The van der Waals surface area contributed by atoms with Gasteiger partial charge in [-0.15, -0.1) is 0 Å². The molecule has 0 amide bonds. The molecule has 0 aliphatic rings. The molecule has 0 aliphatic carbocycles. The Morgan fingerprint density at radius 3 is 1.12 bits per heavy atom. The Kier molecular flexibility index (Phi) is 27.6. The molecule has 0 saturated heterocycles. The van der Waals surface area contributed by atoms with Crippen LogP contribution in [0.5, 0.6) is 0 Å². The predicted molar refractivity (Wildman–Crippen MR) is 109 cm³/mol. The number of rotatable bonds is 12. The quantitative estimate of drug-likeness (QED) is 0.136. The van der Waals surface area contributed by atoms with E-state index in [1.807, 2.05) is 0 Å². The van der Waals surface area contributed by atoms with Gasteiger partial charge in [0.05, 0.1) is 0 Å². The molecule has 0 unspecified atom stereocenters. The average Bonchev–Trinajstić information content (AvgIpc) is 2.41. The summed E-state index contributed by atoms with van der Waals surface area (Å²) in [5, 5.41) is 3.34. The Morgan fingerprint density at radius 2 is 0.800 bits per heavy atom. The third-order valence-electron chi connectivity index (χ3n) is 3.21. The van der Waals surface area contributed by atoms with Crippen molar-refractivity contribution in [3.8, 4) is 0 Å². The van der Waals surface area contributed by atoms with E-state index in [0.29, 0.717) is 0 Å². The zero-order chi connectivity index (χ0) is 20.2. The summed E-state index contributed by atoms with van der Waals surface area (Å²) < 4.78 is 0. The van der Waals surface area contributed by atoms with E-state index in [0.717, 1.165) is 0 Å². The van der Waals surface area contributed by atoms with Crippen LogP contribution >= 0.6 is 13.4 Å². The van der Waals surface area contributed by atoms with E-state index in [4.69, 9.17) is 29.4 Å². The van der Waals surface area contributed by atoms with Gasteiger partial charge in [-0.2, -0.15) is 0 Å². The summed E-state index contributed by atoms with van der Waals surface area (Å²) in [6.07, 6.45) is 14.9. The van der Waals surface area contributed by atoms with E-state index in [-0.39, 0.29) is 17.1 Å². The maximum Gasteiger partial charge on any atom is 0.319 e. The van der Waals surface area contributed by atoms with Crippen LogP contribution in [0.2, 0.25) is 10.0 Å². The summed E-state index contributed by atoms with van der Waals surface area (Å²) in [7, 11) is 0. The molecular weight excluding hydrogens is 456 g/mol. The first kappa shape index (κ1) is 31.4.